The first-order chi connectivity index (χ1) is 13.1. The SMILES string of the molecule is COc1ccc(-c2csc3c2NC(=O)CC3c2ccc(C(C)C)cc2)cc1. The van der Waals surface area contributed by atoms with Gasteiger partial charge in [-0.1, -0.05) is 50.2 Å². The number of benzene rings is 2. The molecule has 1 amide bonds. The molecule has 1 atom stereocenters. The molecule has 1 aliphatic heterocycles. The van der Waals surface area contributed by atoms with E-state index >= 15 is 0 Å². The van der Waals surface area contributed by atoms with Gasteiger partial charge in [0, 0.05) is 28.2 Å². The molecule has 138 valence electrons. The zero-order chi connectivity index (χ0) is 19.0. The van der Waals surface area contributed by atoms with Crippen molar-refractivity contribution in [2.45, 2.75) is 32.1 Å². The summed E-state index contributed by atoms with van der Waals surface area (Å²) < 4.78 is 5.25. The van der Waals surface area contributed by atoms with Crippen LogP contribution in [0.3, 0.4) is 0 Å². The van der Waals surface area contributed by atoms with Gasteiger partial charge in [-0.15, -0.1) is 11.3 Å². The lowest BCUT2D eigenvalue weighted by Gasteiger charge is -2.24. The average Bonchev–Trinajstić information content (AvgIpc) is 3.11. The maximum Gasteiger partial charge on any atom is 0.225 e. The Morgan fingerprint density at radius 3 is 2.41 bits per heavy atom. The highest BCUT2D eigenvalue weighted by molar-refractivity contribution is 7.11. The third-order valence-electron chi connectivity index (χ3n) is 5.20. The van der Waals surface area contributed by atoms with E-state index in [-0.39, 0.29) is 11.8 Å². The van der Waals surface area contributed by atoms with Crippen molar-refractivity contribution in [1.82, 2.24) is 0 Å². The van der Waals surface area contributed by atoms with E-state index in [0.717, 1.165) is 22.6 Å². The Bertz CT molecular complexity index is 955. The quantitative estimate of drug-likeness (QED) is 0.603. The molecule has 27 heavy (non-hydrogen) atoms. The molecular formula is C23H23NO2S. The van der Waals surface area contributed by atoms with Crippen LogP contribution in [0.2, 0.25) is 0 Å². The molecule has 3 aromatic rings. The fourth-order valence-corrected chi connectivity index (χ4v) is 4.75. The van der Waals surface area contributed by atoms with Crippen LogP contribution in [0.25, 0.3) is 11.1 Å². The van der Waals surface area contributed by atoms with Crippen LogP contribution in [0.5, 0.6) is 5.75 Å². The maximum atomic E-state index is 12.4. The van der Waals surface area contributed by atoms with Crippen LogP contribution in [0.15, 0.2) is 53.9 Å². The summed E-state index contributed by atoms with van der Waals surface area (Å²) in [5.41, 5.74) is 5.65. The number of ether oxygens (including phenoxy) is 1. The highest BCUT2D eigenvalue weighted by Gasteiger charge is 2.30. The topological polar surface area (TPSA) is 38.3 Å². The van der Waals surface area contributed by atoms with E-state index in [1.807, 2.05) is 24.3 Å². The molecule has 0 saturated heterocycles. The standard InChI is InChI=1S/C23H23NO2S/c1-14(2)15-4-6-16(7-5-15)19-12-21(25)24-22-20(13-27-23(19)22)17-8-10-18(26-3)11-9-17/h4-11,13-14,19H,12H2,1-3H3,(H,24,25). The largest absolute Gasteiger partial charge is 0.497 e. The summed E-state index contributed by atoms with van der Waals surface area (Å²) in [6, 6.07) is 16.7. The van der Waals surface area contributed by atoms with Crippen LogP contribution in [-0.4, -0.2) is 13.0 Å². The van der Waals surface area contributed by atoms with Crippen LogP contribution in [-0.2, 0) is 4.79 Å². The van der Waals surface area contributed by atoms with Gasteiger partial charge in [0.1, 0.15) is 5.75 Å². The van der Waals surface area contributed by atoms with Crippen molar-refractivity contribution in [3.05, 3.63) is 69.9 Å². The Balaban J connectivity index is 1.72. The molecule has 0 saturated carbocycles. The van der Waals surface area contributed by atoms with Crippen molar-refractivity contribution < 1.29 is 9.53 Å². The molecular weight excluding hydrogens is 354 g/mol. The first-order valence-corrected chi connectivity index (χ1v) is 10.1. The summed E-state index contributed by atoms with van der Waals surface area (Å²) in [6.45, 7) is 4.39. The lowest BCUT2D eigenvalue weighted by molar-refractivity contribution is -0.116. The van der Waals surface area contributed by atoms with E-state index in [0.29, 0.717) is 12.3 Å². The van der Waals surface area contributed by atoms with Crippen molar-refractivity contribution in [1.29, 1.82) is 0 Å². The van der Waals surface area contributed by atoms with E-state index in [4.69, 9.17) is 4.74 Å². The van der Waals surface area contributed by atoms with Gasteiger partial charge in [0.25, 0.3) is 0 Å². The van der Waals surface area contributed by atoms with Gasteiger partial charge >= 0.3 is 0 Å². The molecule has 0 bridgehead atoms. The number of carbonyl (C=O) groups is 1. The number of fused-ring (bicyclic) bond motifs is 1. The van der Waals surface area contributed by atoms with E-state index in [2.05, 4.69) is 48.8 Å². The summed E-state index contributed by atoms with van der Waals surface area (Å²) >= 11 is 1.73. The molecule has 2 heterocycles. The normalized spacial score (nSPS) is 16.1. The fourth-order valence-electron chi connectivity index (χ4n) is 3.59. The molecule has 0 fully saturated rings. The number of hydrogen-bond acceptors (Lipinski definition) is 3. The third-order valence-corrected chi connectivity index (χ3v) is 6.29. The number of hydrogen-bond donors (Lipinski definition) is 1. The van der Waals surface area contributed by atoms with Crippen LogP contribution in [0.1, 0.15) is 48.1 Å². The number of methoxy groups -OCH3 is 1. The van der Waals surface area contributed by atoms with E-state index in [1.165, 1.54) is 16.0 Å². The van der Waals surface area contributed by atoms with Gasteiger partial charge in [-0.05, 0) is 34.7 Å². The molecule has 1 aliphatic rings. The summed E-state index contributed by atoms with van der Waals surface area (Å²) in [4.78, 5) is 13.7. The Kier molecular flexibility index (Phi) is 4.75. The number of nitrogens with one attached hydrogen (secondary N) is 1. The minimum absolute atomic E-state index is 0.0774. The van der Waals surface area contributed by atoms with Gasteiger partial charge in [-0.2, -0.15) is 0 Å². The van der Waals surface area contributed by atoms with Crippen molar-refractivity contribution >= 4 is 22.9 Å². The molecule has 4 heteroatoms. The van der Waals surface area contributed by atoms with Gasteiger partial charge in [-0.3, -0.25) is 4.79 Å². The minimum atomic E-state index is 0.0774. The molecule has 2 aromatic carbocycles. The Morgan fingerprint density at radius 2 is 1.78 bits per heavy atom. The second-order valence-corrected chi connectivity index (χ2v) is 8.15. The minimum Gasteiger partial charge on any atom is -0.497 e. The summed E-state index contributed by atoms with van der Waals surface area (Å²) in [5.74, 6) is 1.53. The summed E-state index contributed by atoms with van der Waals surface area (Å²) in [7, 11) is 1.66. The maximum absolute atomic E-state index is 12.4. The van der Waals surface area contributed by atoms with E-state index in [9.17, 15) is 4.79 Å². The van der Waals surface area contributed by atoms with Gasteiger partial charge in [0.05, 0.1) is 12.8 Å². The highest BCUT2D eigenvalue weighted by Crippen LogP contribution is 2.46. The van der Waals surface area contributed by atoms with Crippen LogP contribution >= 0.6 is 11.3 Å². The van der Waals surface area contributed by atoms with E-state index < -0.39 is 0 Å². The van der Waals surface area contributed by atoms with Crippen LogP contribution in [0.4, 0.5) is 5.69 Å². The monoisotopic (exact) mass is 377 g/mol. The second-order valence-electron chi connectivity index (χ2n) is 7.24. The van der Waals surface area contributed by atoms with Crippen LogP contribution < -0.4 is 10.1 Å². The number of rotatable bonds is 4. The van der Waals surface area contributed by atoms with Gasteiger partial charge in [-0.25, -0.2) is 0 Å². The number of thiophene rings is 1. The highest BCUT2D eigenvalue weighted by atomic mass is 32.1. The van der Waals surface area contributed by atoms with Crippen molar-refractivity contribution in [2.24, 2.45) is 0 Å². The number of anilines is 1. The zero-order valence-corrected chi connectivity index (χ0v) is 16.6. The lowest BCUT2D eigenvalue weighted by atomic mass is 9.88. The Morgan fingerprint density at radius 1 is 1.07 bits per heavy atom. The number of amides is 1. The molecule has 0 spiro atoms. The first kappa shape index (κ1) is 17.8. The molecule has 1 unspecified atom stereocenters. The fraction of sp³-hybridized carbons (Fsp3) is 0.261. The third kappa shape index (κ3) is 3.37. The second kappa shape index (κ2) is 7.20. The molecule has 1 aromatic heterocycles. The molecule has 0 radical (unpaired) electrons. The summed E-state index contributed by atoms with van der Waals surface area (Å²) in [5, 5.41) is 5.25. The Labute approximate surface area is 164 Å². The molecule has 0 aliphatic carbocycles. The molecule has 1 N–H and O–H groups in total. The van der Waals surface area contributed by atoms with Crippen molar-refractivity contribution in [3.8, 4) is 16.9 Å². The summed E-state index contributed by atoms with van der Waals surface area (Å²) in [6.07, 6.45) is 0.497. The lowest BCUT2D eigenvalue weighted by Crippen LogP contribution is -2.22. The number of carbonyl (C=O) groups excluding carboxylic acids is 1. The molecule has 4 rings (SSSR count). The van der Waals surface area contributed by atoms with Gasteiger partial charge in [0.15, 0.2) is 0 Å². The predicted octanol–water partition coefficient (Wildman–Crippen LogP) is 6.02. The Hall–Kier alpha value is -2.59. The molecule has 3 nitrogen and oxygen atoms in total. The first-order valence-electron chi connectivity index (χ1n) is 9.22. The van der Waals surface area contributed by atoms with E-state index in [1.54, 1.807) is 18.4 Å². The van der Waals surface area contributed by atoms with Crippen molar-refractivity contribution in [3.63, 3.8) is 0 Å². The zero-order valence-electron chi connectivity index (χ0n) is 15.8. The van der Waals surface area contributed by atoms with Crippen molar-refractivity contribution in [2.75, 3.05) is 12.4 Å². The van der Waals surface area contributed by atoms with Crippen LogP contribution in [0, 0.1) is 0 Å². The predicted molar refractivity (Wildman–Crippen MR) is 112 cm³/mol. The van der Waals surface area contributed by atoms with Gasteiger partial charge < -0.3 is 10.1 Å². The van der Waals surface area contributed by atoms with Gasteiger partial charge in [0.2, 0.25) is 5.91 Å². The average molecular weight is 378 g/mol. The smallest absolute Gasteiger partial charge is 0.225 e.